The van der Waals surface area contributed by atoms with Crippen LogP contribution in [0.25, 0.3) is 6.08 Å². The topological polar surface area (TPSA) is 38.3 Å². The van der Waals surface area contributed by atoms with E-state index in [4.69, 9.17) is 27.9 Å². The van der Waals surface area contributed by atoms with E-state index in [2.05, 4.69) is 5.32 Å². The molecule has 2 aromatic carbocycles. The van der Waals surface area contributed by atoms with Crippen molar-refractivity contribution >= 4 is 40.9 Å². The minimum absolute atomic E-state index is 0.278. The van der Waals surface area contributed by atoms with Gasteiger partial charge in [0.25, 0.3) is 0 Å². The van der Waals surface area contributed by atoms with E-state index < -0.39 is 0 Å². The Bertz CT molecular complexity index is 727. The molecule has 0 aromatic heterocycles. The lowest BCUT2D eigenvalue weighted by atomic mass is 10.2. The molecule has 0 fully saturated rings. The summed E-state index contributed by atoms with van der Waals surface area (Å²) in [7, 11) is 1.56. The Balaban J connectivity index is 2.15. The average molecular weight is 336 g/mol. The summed E-state index contributed by atoms with van der Waals surface area (Å²) in [6, 6.07) is 10.8. The maximum Gasteiger partial charge on any atom is 0.248 e. The number of hydrogen-bond acceptors (Lipinski definition) is 2. The first-order valence-corrected chi connectivity index (χ1v) is 7.34. The zero-order valence-corrected chi connectivity index (χ0v) is 13.7. The molecule has 22 heavy (non-hydrogen) atoms. The Morgan fingerprint density at radius 2 is 2.00 bits per heavy atom. The van der Waals surface area contributed by atoms with E-state index in [1.807, 2.05) is 25.1 Å². The summed E-state index contributed by atoms with van der Waals surface area (Å²) in [6.45, 7) is 1.94. The lowest BCUT2D eigenvalue weighted by Crippen LogP contribution is -2.09. The van der Waals surface area contributed by atoms with Gasteiger partial charge in [-0.1, -0.05) is 41.4 Å². The number of carbonyl (C=O) groups is 1. The molecule has 1 N–H and O–H groups in total. The summed E-state index contributed by atoms with van der Waals surface area (Å²) < 4.78 is 5.22. The van der Waals surface area contributed by atoms with Gasteiger partial charge >= 0.3 is 0 Å². The van der Waals surface area contributed by atoms with Crippen LogP contribution < -0.4 is 10.1 Å². The molecule has 2 rings (SSSR count). The van der Waals surface area contributed by atoms with E-state index in [0.29, 0.717) is 27.0 Å². The number of benzene rings is 2. The maximum atomic E-state index is 12.0. The van der Waals surface area contributed by atoms with Gasteiger partial charge in [0.2, 0.25) is 5.91 Å². The molecule has 0 heterocycles. The highest BCUT2D eigenvalue weighted by atomic mass is 35.5. The minimum Gasteiger partial charge on any atom is -0.495 e. The molecule has 0 spiro atoms. The van der Waals surface area contributed by atoms with Gasteiger partial charge in [-0.25, -0.2) is 0 Å². The third kappa shape index (κ3) is 4.03. The summed E-state index contributed by atoms with van der Waals surface area (Å²) in [6.07, 6.45) is 3.02. The number of carbonyl (C=O) groups excluding carboxylic acids is 1. The van der Waals surface area contributed by atoms with E-state index in [-0.39, 0.29) is 5.91 Å². The number of ether oxygens (including phenoxy) is 1. The number of methoxy groups -OCH3 is 1. The Kier molecular flexibility index (Phi) is 5.47. The van der Waals surface area contributed by atoms with Crippen LogP contribution in [0, 0.1) is 6.92 Å². The summed E-state index contributed by atoms with van der Waals surface area (Å²) in [4.78, 5) is 12.0. The van der Waals surface area contributed by atoms with Crippen LogP contribution in [-0.2, 0) is 4.79 Å². The largest absolute Gasteiger partial charge is 0.495 e. The molecule has 0 saturated heterocycles. The third-order valence-electron chi connectivity index (χ3n) is 3.01. The average Bonchev–Trinajstić information content (AvgIpc) is 2.49. The molecule has 0 radical (unpaired) electrons. The Morgan fingerprint density at radius 3 is 2.73 bits per heavy atom. The molecular formula is C17H15Cl2NO2. The quantitative estimate of drug-likeness (QED) is 0.801. The minimum atomic E-state index is -0.278. The number of nitrogens with one attached hydrogen (secondary N) is 1. The second kappa shape index (κ2) is 7.34. The van der Waals surface area contributed by atoms with Gasteiger partial charge in [0.1, 0.15) is 5.75 Å². The Labute approximate surface area is 139 Å². The zero-order valence-electron chi connectivity index (χ0n) is 12.2. The number of anilines is 1. The van der Waals surface area contributed by atoms with Crippen LogP contribution in [0.2, 0.25) is 10.0 Å². The molecule has 0 aliphatic rings. The summed E-state index contributed by atoms with van der Waals surface area (Å²) in [5, 5.41) is 3.65. The number of aryl methyl sites for hydroxylation is 1. The van der Waals surface area contributed by atoms with Gasteiger partial charge in [0.15, 0.2) is 0 Å². The molecule has 2 aromatic rings. The lowest BCUT2D eigenvalue weighted by Gasteiger charge is -2.09. The van der Waals surface area contributed by atoms with Crippen molar-refractivity contribution in [3.05, 3.63) is 63.6 Å². The summed E-state index contributed by atoms with van der Waals surface area (Å²) in [5.74, 6) is 0.327. The first-order valence-electron chi connectivity index (χ1n) is 6.59. The molecular weight excluding hydrogens is 321 g/mol. The predicted molar refractivity (Wildman–Crippen MR) is 91.9 cm³/mol. The molecule has 0 aliphatic heterocycles. The van der Waals surface area contributed by atoms with E-state index in [9.17, 15) is 4.79 Å². The number of halogens is 2. The maximum absolute atomic E-state index is 12.0. The standard InChI is InChI=1S/C17H15Cl2NO2/c1-11-6-8-15(22-2)14(10-11)20-16(21)9-7-12-4-3-5-13(18)17(12)19/h3-10H,1-2H3,(H,20,21)/b9-7+. The molecule has 3 nitrogen and oxygen atoms in total. The molecule has 5 heteroatoms. The van der Waals surface area contributed by atoms with Gasteiger partial charge < -0.3 is 10.1 Å². The molecule has 0 saturated carbocycles. The first kappa shape index (κ1) is 16.4. The molecule has 0 aliphatic carbocycles. The number of rotatable bonds is 4. The fourth-order valence-corrected chi connectivity index (χ4v) is 2.28. The number of hydrogen-bond donors (Lipinski definition) is 1. The normalized spacial score (nSPS) is 10.7. The van der Waals surface area contributed by atoms with Gasteiger partial charge in [0, 0.05) is 6.08 Å². The van der Waals surface area contributed by atoms with Gasteiger partial charge in [0.05, 0.1) is 22.8 Å². The van der Waals surface area contributed by atoms with Gasteiger partial charge in [-0.05, 0) is 42.3 Å². The molecule has 114 valence electrons. The fourth-order valence-electron chi connectivity index (χ4n) is 1.91. The van der Waals surface area contributed by atoms with Gasteiger partial charge in [-0.3, -0.25) is 4.79 Å². The smallest absolute Gasteiger partial charge is 0.248 e. The van der Waals surface area contributed by atoms with E-state index >= 15 is 0 Å². The van der Waals surface area contributed by atoms with Crippen molar-refractivity contribution < 1.29 is 9.53 Å². The Morgan fingerprint density at radius 1 is 1.23 bits per heavy atom. The van der Waals surface area contributed by atoms with Crippen molar-refractivity contribution in [2.45, 2.75) is 6.92 Å². The highest BCUT2D eigenvalue weighted by Crippen LogP contribution is 2.27. The molecule has 0 unspecified atom stereocenters. The van der Waals surface area contributed by atoms with Crippen molar-refractivity contribution in [3.8, 4) is 5.75 Å². The SMILES string of the molecule is COc1ccc(C)cc1NC(=O)/C=C/c1cccc(Cl)c1Cl. The van der Waals surface area contributed by atoms with Crippen molar-refractivity contribution in [3.63, 3.8) is 0 Å². The highest BCUT2D eigenvalue weighted by Gasteiger charge is 2.06. The van der Waals surface area contributed by atoms with Crippen LogP contribution in [0.1, 0.15) is 11.1 Å². The monoisotopic (exact) mass is 335 g/mol. The van der Waals surface area contributed by atoms with Gasteiger partial charge in [-0.15, -0.1) is 0 Å². The van der Waals surface area contributed by atoms with E-state index in [0.717, 1.165) is 5.56 Å². The van der Waals surface area contributed by atoms with Crippen LogP contribution >= 0.6 is 23.2 Å². The van der Waals surface area contributed by atoms with Gasteiger partial charge in [-0.2, -0.15) is 0 Å². The van der Waals surface area contributed by atoms with Crippen molar-refractivity contribution in [2.24, 2.45) is 0 Å². The van der Waals surface area contributed by atoms with Crippen LogP contribution in [0.4, 0.5) is 5.69 Å². The number of amides is 1. The first-order chi connectivity index (χ1) is 10.5. The summed E-state index contributed by atoms with van der Waals surface area (Å²) >= 11 is 12.0. The van der Waals surface area contributed by atoms with Crippen LogP contribution in [0.15, 0.2) is 42.5 Å². The van der Waals surface area contributed by atoms with Crippen LogP contribution in [0.5, 0.6) is 5.75 Å². The fraction of sp³-hybridized carbons (Fsp3) is 0.118. The molecule has 1 amide bonds. The van der Waals surface area contributed by atoms with Crippen molar-refractivity contribution in [2.75, 3.05) is 12.4 Å². The molecule has 0 atom stereocenters. The molecule has 0 bridgehead atoms. The lowest BCUT2D eigenvalue weighted by molar-refractivity contribution is -0.111. The Hall–Kier alpha value is -1.97. The third-order valence-corrected chi connectivity index (χ3v) is 3.84. The van der Waals surface area contributed by atoms with E-state index in [1.54, 1.807) is 31.4 Å². The van der Waals surface area contributed by atoms with Crippen molar-refractivity contribution in [1.29, 1.82) is 0 Å². The summed E-state index contributed by atoms with van der Waals surface area (Å²) in [5.41, 5.74) is 2.33. The highest BCUT2D eigenvalue weighted by molar-refractivity contribution is 6.42. The predicted octanol–water partition coefficient (Wildman–Crippen LogP) is 4.96. The zero-order chi connectivity index (χ0) is 16.1. The van der Waals surface area contributed by atoms with Crippen LogP contribution in [-0.4, -0.2) is 13.0 Å². The van der Waals surface area contributed by atoms with Crippen LogP contribution in [0.3, 0.4) is 0 Å². The van der Waals surface area contributed by atoms with E-state index in [1.165, 1.54) is 6.08 Å². The second-order valence-electron chi connectivity index (χ2n) is 4.67. The second-order valence-corrected chi connectivity index (χ2v) is 5.45. The van der Waals surface area contributed by atoms with Crippen molar-refractivity contribution in [1.82, 2.24) is 0 Å².